The van der Waals surface area contributed by atoms with E-state index in [0.717, 1.165) is 11.6 Å². The molecule has 1 aliphatic rings. The number of thioether (sulfide) groups is 1. The van der Waals surface area contributed by atoms with Crippen LogP contribution in [0.2, 0.25) is 5.02 Å². The Morgan fingerprint density at radius 1 is 1.38 bits per heavy atom. The van der Waals surface area contributed by atoms with E-state index in [2.05, 4.69) is 24.4 Å². The maximum Gasteiger partial charge on any atom is 0.0792 e. The first-order chi connectivity index (χ1) is 6.25. The van der Waals surface area contributed by atoms with E-state index in [1.165, 1.54) is 5.56 Å². The molecular weight excluding hydrogens is 202 g/mol. The summed E-state index contributed by atoms with van der Waals surface area (Å²) < 4.78 is 0. The van der Waals surface area contributed by atoms with E-state index < -0.39 is 0 Å². The average molecular weight is 214 g/mol. The lowest BCUT2D eigenvalue weighted by Crippen LogP contribution is -2.13. The lowest BCUT2D eigenvalue weighted by atomic mass is 10.2. The molecule has 1 saturated heterocycles. The van der Waals surface area contributed by atoms with Crippen molar-refractivity contribution in [3.05, 3.63) is 34.9 Å². The van der Waals surface area contributed by atoms with Crippen molar-refractivity contribution in [3.63, 3.8) is 0 Å². The largest absolute Gasteiger partial charge is 0.301 e. The van der Waals surface area contributed by atoms with Crippen molar-refractivity contribution in [2.45, 2.75) is 17.5 Å². The van der Waals surface area contributed by atoms with Crippen LogP contribution < -0.4 is 5.32 Å². The maximum atomic E-state index is 5.82. The van der Waals surface area contributed by atoms with Crippen molar-refractivity contribution in [2.24, 2.45) is 0 Å². The molecule has 3 heteroatoms. The Kier molecular flexibility index (Phi) is 2.82. The smallest absolute Gasteiger partial charge is 0.0792 e. The molecule has 1 fully saturated rings. The van der Waals surface area contributed by atoms with Crippen LogP contribution in [0.25, 0.3) is 0 Å². The Hall–Kier alpha value is -0.180. The van der Waals surface area contributed by atoms with Gasteiger partial charge in [0.2, 0.25) is 0 Å². The first-order valence-electron chi connectivity index (χ1n) is 4.40. The fraction of sp³-hybridized carbons (Fsp3) is 0.400. The SMILES string of the molecule is CC1CNC(c2ccc(Cl)cc2)S1. The van der Waals surface area contributed by atoms with Gasteiger partial charge in [0.25, 0.3) is 0 Å². The van der Waals surface area contributed by atoms with Crippen LogP contribution in [-0.4, -0.2) is 11.8 Å². The molecule has 0 saturated carbocycles. The fourth-order valence-electron chi connectivity index (χ4n) is 1.44. The van der Waals surface area contributed by atoms with Gasteiger partial charge < -0.3 is 5.32 Å². The zero-order chi connectivity index (χ0) is 9.26. The molecule has 2 atom stereocenters. The molecule has 1 N–H and O–H groups in total. The molecule has 1 heterocycles. The van der Waals surface area contributed by atoms with Crippen molar-refractivity contribution in [1.29, 1.82) is 0 Å². The van der Waals surface area contributed by atoms with Gasteiger partial charge in [0.15, 0.2) is 0 Å². The number of nitrogens with one attached hydrogen (secondary N) is 1. The molecule has 70 valence electrons. The zero-order valence-corrected chi connectivity index (χ0v) is 9.03. The number of halogens is 1. The van der Waals surface area contributed by atoms with E-state index in [1.54, 1.807) is 0 Å². The summed E-state index contributed by atoms with van der Waals surface area (Å²) in [5.74, 6) is 0. The fourth-order valence-corrected chi connectivity index (χ4v) is 2.73. The molecule has 0 spiro atoms. The summed E-state index contributed by atoms with van der Waals surface area (Å²) in [7, 11) is 0. The maximum absolute atomic E-state index is 5.82. The summed E-state index contributed by atoms with van der Waals surface area (Å²) >= 11 is 7.79. The van der Waals surface area contributed by atoms with E-state index in [-0.39, 0.29) is 0 Å². The molecule has 0 radical (unpaired) electrons. The number of hydrogen-bond donors (Lipinski definition) is 1. The highest BCUT2D eigenvalue weighted by Gasteiger charge is 2.21. The van der Waals surface area contributed by atoms with Crippen molar-refractivity contribution in [3.8, 4) is 0 Å². The molecule has 2 unspecified atom stereocenters. The molecule has 0 amide bonds. The minimum Gasteiger partial charge on any atom is -0.301 e. The molecule has 2 rings (SSSR count). The second-order valence-electron chi connectivity index (χ2n) is 3.29. The second kappa shape index (κ2) is 3.91. The van der Waals surface area contributed by atoms with Gasteiger partial charge in [0.1, 0.15) is 0 Å². The molecule has 1 nitrogen and oxygen atoms in total. The van der Waals surface area contributed by atoms with Crippen molar-refractivity contribution in [2.75, 3.05) is 6.54 Å². The quantitative estimate of drug-likeness (QED) is 0.770. The van der Waals surface area contributed by atoms with Gasteiger partial charge in [-0.3, -0.25) is 0 Å². The van der Waals surface area contributed by atoms with Crippen molar-refractivity contribution >= 4 is 23.4 Å². The molecule has 1 aromatic carbocycles. The van der Waals surface area contributed by atoms with Crippen LogP contribution in [0.4, 0.5) is 0 Å². The second-order valence-corrected chi connectivity index (χ2v) is 5.27. The first kappa shape index (κ1) is 9.38. The Morgan fingerprint density at radius 3 is 2.62 bits per heavy atom. The van der Waals surface area contributed by atoms with E-state index >= 15 is 0 Å². The molecule has 1 aromatic rings. The summed E-state index contributed by atoms with van der Waals surface area (Å²) in [6.45, 7) is 3.34. The first-order valence-corrected chi connectivity index (χ1v) is 5.72. The highest BCUT2D eigenvalue weighted by atomic mass is 35.5. The summed E-state index contributed by atoms with van der Waals surface area (Å²) in [5, 5.41) is 5.43. The standard InChI is InChI=1S/C10H12ClNS/c1-7-6-12-10(13-7)8-2-4-9(11)5-3-8/h2-5,7,10,12H,6H2,1H3. The minimum absolute atomic E-state index is 0.451. The summed E-state index contributed by atoms with van der Waals surface area (Å²) in [5.41, 5.74) is 1.32. The van der Waals surface area contributed by atoms with Crippen LogP contribution in [0.1, 0.15) is 17.9 Å². The van der Waals surface area contributed by atoms with Crippen LogP contribution in [0.3, 0.4) is 0 Å². The Bertz CT molecular complexity index is 285. The van der Waals surface area contributed by atoms with Gasteiger partial charge in [0.05, 0.1) is 5.37 Å². The summed E-state index contributed by atoms with van der Waals surface area (Å²) in [6, 6.07) is 8.07. The lowest BCUT2D eigenvalue weighted by molar-refractivity contribution is 0.718. The minimum atomic E-state index is 0.451. The highest BCUT2D eigenvalue weighted by Crippen LogP contribution is 2.34. The Morgan fingerprint density at radius 2 is 2.08 bits per heavy atom. The normalized spacial score (nSPS) is 27.8. The molecule has 1 aliphatic heterocycles. The van der Waals surface area contributed by atoms with Gasteiger partial charge in [-0.05, 0) is 17.7 Å². The third-order valence-corrected chi connectivity index (χ3v) is 3.73. The molecular formula is C10H12ClNS. The van der Waals surface area contributed by atoms with Gasteiger partial charge >= 0.3 is 0 Å². The Labute approximate surface area is 87.9 Å². The van der Waals surface area contributed by atoms with Gasteiger partial charge in [0, 0.05) is 16.8 Å². The molecule has 0 aliphatic carbocycles. The van der Waals surface area contributed by atoms with Crippen LogP contribution >= 0.6 is 23.4 Å². The highest BCUT2D eigenvalue weighted by molar-refractivity contribution is 8.00. The van der Waals surface area contributed by atoms with Crippen molar-refractivity contribution < 1.29 is 0 Å². The monoisotopic (exact) mass is 213 g/mol. The van der Waals surface area contributed by atoms with Crippen LogP contribution in [0.5, 0.6) is 0 Å². The van der Waals surface area contributed by atoms with E-state index in [9.17, 15) is 0 Å². The van der Waals surface area contributed by atoms with E-state index in [4.69, 9.17) is 11.6 Å². The molecule has 0 bridgehead atoms. The van der Waals surface area contributed by atoms with Crippen molar-refractivity contribution in [1.82, 2.24) is 5.32 Å². The van der Waals surface area contributed by atoms with Gasteiger partial charge in [-0.25, -0.2) is 0 Å². The predicted octanol–water partition coefficient (Wildman–Crippen LogP) is 3.06. The van der Waals surface area contributed by atoms with Gasteiger partial charge in [-0.1, -0.05) is 30.7 Å². The third kappa shape index (κ3) is 2.19. The van der Waals surface area contributed by atoms with Gasteiger partial charge in [-0.15, -0.1) is 11.8 Å². The zero-order valence-electron chi connectivity index (χ0n) is 7.46. The van der Waals surface area contributed by atoms with Gasteiger partial charge in [-0.2, -0.15) is 0 Å². The molecule has 0 aromatic heterocycles. The molecule has 13 heavy (non-hydrogen) atoms. The lowest BCUT2D eigenvalue weighted by Gasteiger charge is -2.09. The van der Waals surface area contributed by atoms with E-state index in [1.807, 2.05) is 23.9 Å². The number of rotatable bonds is 1. The summed E-state index contributed by atoms with van der Waals surface area (Å²) in [6.07, 6.45) is 0. The van der Waals surface area contributed by atoms with E-state index in [0.29, 0.717) is 10.6 Å². The number of benzene rings is 1. The average Bonchev–Trinajstić information content (AvgIpc) is 2.53. The van der Waals surface area contributed by atoms with Crippen LogP contribution in [0, 0.1) is 0 Å². The topological polar surface area (TPSA) is 12.0 Å². The van der Waals surface area contributed by atoms with Crippen LogP contribution in [0.15, 0.2) is 24.3 Å². The predicted molar refractivity (Wildman–Crippen MR) is 59.2 cm³/mol. The summed E-state index contributed by atoms with van der Waals surface area (Å²) in [4.78, 5) is 0. The number of hydrogen-bond acceptors (Lipinski definition) is 2. The van der Waals surface area contributed by atoms with Crippen LogP contribution in [-0.2, 0) is 0 Å². The Balaban J connectivity index is 2.13. The third-order valence-electron chi connectivity index (χ3n) is 2.13.